The lowest BCUT2D eigenvalue weighted by molar-refractivity contribution is 0.315. The number of aryl methyl sites for hydroxylation is 3. The molecule has 0 bridgehead atoms. The summed E-state index contributed by atoms with van der Waals surface area (Å²) < 4.78 is 2.02. The summed E-state index contributed by atoms with van der Waals surface area (Å²) in [4.78, 5) is 2.27. The third-order valence-electron chi connectivity index (χ3n) is 5.08. The van der Waals surface area contributed by atoms with Gasteiger partial charge in [-0.05, 0) is 51.1 Å². The number of H-pyrrole nitrogens is 1. The van der Waals surface area contributed by atoms with Gasteiger partial charge in [0.1, 0.15) is 0 Å². The van der Waals surface area contributed by atoms with Gasteiger partial charge in [0.2, 0.25) is 0 Å². The van der Waals surface area contributed by atoms with Crippen LogP contribution in [-0.4, -0.2) is 31.9 Å². The molecular weight excluding hydrogens is 358 g/mol. The summed E-state index contributed by atoms with van der Waals surface area (Å²) in [5, 5.41) is 12.4. The Morgan fingerprint density at radius 1 is 0.966 bits per heavy atom. The van der Waals surface area contributed by atoms with Crippen molar-refractivity contribution in [2.24, 2.45) is 0 Å². The summed E-state index contributed by atoms with van der Waals surface area (Å²) >= 11 is 0. The van der Waals surface area contributed by atoms with E-state index in [0.717, 1.165) is 41.4 Å². The van der Waals surface area contributed by atoms with Crippen molar-refractivity contribution in [2.75, 3.05) is 7.05 Å². The standard InChI is InChI=1S/C24H27N5/c1-17-10-11-18(2)23(12-17)29-15-21(24(27-29)20-8-6-5-7-9-20)14-28(4)16-22-13-19(3)25-26-22/h5-13,15H,14,16H2,1-4H3,(H,25,26). The third-order valence-corrected chi connectivity index (χ3v) is 5.08. The van der Waals surface area contributed by atoms with Crippen LogP contribution in [0.15, 0.2) is 60.8 Å². The van der Waals surface area contributed by atoms with E-state index in [1.807, 2.05) is 17.7 Å². The van der Waals surface area contributed by atoms with Crippen molar-refractivity contribution in [1.82, 2.24) is 24.9 Å². The van der Waals surface area contributed by atoms with Gasteiger partial charge in [0, 0.05) is 36.1 Å². The molecule has 148 valence electrons. The fraction of sp³-hybridized carbons (Fsp3) is 0.250. The van der Waals surface area contributed by atoms with Crippen LogP contribution >= 0.6 is 0 Å². The predicted molar refractivity (Wildman–Crippen MR) is 117 cm³/mol. The van der Waals surface area contributed by atoms with Crippen LogP contribution in [0.2, 0.25) is 0 Å². The summed E-state index contributed by atoms with van der Waals surface area (Å²) in [5.41, 5.74) is 9.06. The van der Waals surface area contributed by atoms with Gasteiger partial charge in [-0.15, -0.1) is 0 Å². The van der Waals surface area contributed by atoms with E-state index in [2.05, 4.69) is 90.7 Å². The minimum Gasteiger partial charge on any atom is -0.296 e. The molecule has 0 amide bonds. The van der Waals surface area contributed by atoms with Crippen molar-refractivity contribution in [2.45, 2.75) is 33.9 Å². The van der Waals surface area contributed by atoms with E-state index < -0.39 is 0 Å². The Balaban J connectivity index is 1.69. The molecule has 29 heavy (non-hydrogen) atoms. The fourth-order valence-corrected chi connectivity index (χ4v) is 3.63. The predicted octanol–water partition coefficient (Wildman–Crippen LogP) is 4.82. The Morgan fingerprint density at radius 2 is 1.76 bits per heavy atom. The first kappa shape index (κ1) is 19.2. The highest BCUT2D eigenvalue weighted by Gasteiger charge is 2.15. The molecule has 0 aliphatic heterocycles. The molecule has 0 aliphatic rings. The molecular formula is C24H27N5. The second-order valence-electron chi connectivity index (χ2n) is 7.82. The van der Waals surface area contributed by atoms with E-state index in [1.54, 1.807) is 0 Å². The molecule has 2 heterocycles. The normalized spacial score (nSPS) is 11.3. The number of nitrogens with zero attached hydrogens (tertiary/aromatic N) is 4. The van der Waals surface area contributed by atoms with Gasteiger partial charge in [-0.2, -0.15) is 10.2 Å². The first-order chi connectivity index (χ1) is 14.0. The van der Waals surface area contributed by atoms with Crippen molar-refractivity contribution < 1.29 is 0 Å². The van der Waals surface area contributed by atoms with Gasteiger partial charge < -0.3 is 0 Å². The molecule has 0 saturated carbocycles. The number of aromatic nitrogens is 4. The molecule has 0 saturated heterocycles. The van der Waals surface area contributed by atoms with Crippen molar-refractivity contribution in [1.29, 1.82) is 0 Å². The van der Waals surface area contributed by atoms with Gasteiger partial charge in [0.05, 0.1) is 17.1 Å². The Kier molecular flexibility index (Phi) is 5.32. The highest BCUT2D eigenvalue weighted by molar-refractivity contribution is 5.63. The lowest BCUT2D eigenvalue weighted by atomic mass is 10.1. The Morgan fingerprint density at radius 3 is 2.48 bits per heavy atom. The van der Waals surface area contributed by atoms with Crippen LogP contribution in [0, 0.1) is 20.8 Å². The maximum Gasteiger partial charge on any atom is 0.0972 e. The van der Waals surface area contributed by atoms with E-state index in [-0.39, 0.29) is 0 Å². The van der Waals surface area contributed by atoms with Crippen LogP contribution in [0.5, 0.6) is 0 Å². The van der Waals surface area contributed by atoms with Gasteiger partial charge in [-0.1, -0.05) is 42.5 Å². The summed E-state index contributed by atoms with van der Waals surface area (Å²) in [6, 6.07) is 19.0. The maximum atomic E-state index is 4.99. The van der Waals surface area contributed by atoms with E-state index in [9.17, 15) is 0 Å². The smallest absolute Gasteiger partial charge is 0.0972 e. The molecule has 1 N–H and O–H groups in total. The zero-order chi connectivity index (χ0) is 20.4. The monoisotopic (exact) mass is 385 g/mol. The molecule has 2 aromatic carbocycles. The van der Waals surface area contributed by atoms with Crippen molar-refractivity contribution in [3.63, 3.8) is 0 Å². The summed E-state index contributed by atoms with van der Waals surface area (Å²) in [6.07, 6.45) is 2.16. The van der Waals surface area contributed by atoms with Gasteiger partial charge in [-0.3, -0.25) is 10.00 Å². The first-order valence-corrected chi connectivity index (χ1v) is 9.90. The van der Waals surface area contributed by atoms with E-state index in [1.165, 1.54) is 16.7 Å². The highest BCUT2D eigenvalue weighted by Crippen LogP contribution is 2.26. The zero-order valence-corrected chi connectivity index (χ0v) is 17.5. The average molecular weight is 386 g/mol. The fourth-order valence-electron chi connectivity index (χ4n) is 3.63. The van der Waals surface area contributed by atoms with Crippen molar-refractivity contribution in [3.8, 4) is 16.9 Å². The van der Waals surface area contributed by atoms with E-state index >= 15 is 0 Å². The highest BCUT2D eigenvalue weighted by atomic mass is 15.3. The zero-order valence-electron chi connectivity index (χ0n) is 17.5. The van der Waals surface area contributed by atoms with Crippen LogP contribution < -0.4 is 0 Å². The van der Waals surface area contributed by atoms with Crippen LogP contribution in [0.25, 0.3) is 16.9 Å². The first-order valence-electron chi connectivity index (χ1n) is 9.90. The Labute approximate surface area is 172 Å². The average Bonchev–Trinajstić information content (AvgIpc) is 3.30. The van der Waals surface area contributed by atoms with Gasteiger partial charge in [-0.25, -0.2) is 4.68 Å². The SMILES string of the molecule is Cc1ccc(C)c(-n2cc(CN(C)Cc3cc(C)[nH]n3)c(-c3ccccc3)n2)c1. The third kappa shape index (κ3) is 4.30. The van der Waals surface area contributed by atoms with E-state index in [4.69, 9.17) is 5.10 Å². The van der Waals surface area contributed by atoms with Gasteiger partial charge in [0.25, 0.3) is 0 Å². The van der Waals surface area contributed by atoms with Crippen LogP contribution in [-0.2, 0) is 13.1 Å². The lowest BCUT2D eigenvalue weighted by Gasteiger charge is -2.15. The topological polar surface area (TPSA) is 49.7 Å². The molecule has 5 heteroatoms. The molecule has 0 atom stereocenters. The summed E-state index contributed by atoms with van der Waals surface area (Å²) in [7, 11) is 2.12. The molecule has 0 aliphatic carbocycles. The number of hydrogen-bond donors (Lipinski definition) is 1. The molecule has 0 fully saturated rings. The minimum atomic E-state index is 0.785. The Bertz CT molecular complexity index is 1110. The molecule has 0 spiro atoms. The van der Waals surface area contributed by atoms with Crippen LogP contribution in [0.3, 0.4) is 0 Å². The second kappa shape index (κ2) is 8.05. The van der Waals surface area contributed by atoms with Gasteiger partial charge in [0.15, 0.2) is 0 Å². The largest absolute Gasteiger partial charge is 0.296 e. The second-order valence-corrected chi connectivity index (χ2v) is 7.82. The Hall–Kier alpha value is -3.18. The number of hydrogen-bond acceptors (Lipinski definition) is 3. The number of benzene rings is 2. The van der Waals surface area contributed by atoms with Crippen LogP contribution in [0.4, 0.5) is 0 Å². The molecule has 2 aromatic heterocycles. The number of nitrogens with one attached hydrogen (secondary N) is 1. The molecule has 0 unspecified atom stereocenters. The minimum absolute atomic E-state index is 0.785. The van der Waals surface area contributed by atoms with Gasteiger partial charge >= 0.3 is 0 Å². The summed E-state index contributed by atoms with van der Waals surface area (Å²) in [5.74, 6) is 0. The molecule has 0 radical (unpaired) electrons. The molecule has 5 nitrogen and oxygen atoms in total. The lowest BCUT2D eigenvalue weighted by Crippen LogP contribution is -2.17. The van der Waals surface area contributed by atoms with Crippen LogP contribution in [0.1, 0.15) is 28.1 Å². The number of rotatable bonds is 6. The quantitative estimate of drug-likeness (QED) is 0.518. The maximum absolute atomic E-state index is 4.99. The van der Waals surface area contributed by atoms with Crippen molar-refractivity contribution >= 4 is 0 Å². The molecule has 4 aromatic rings. The summed E-state index contributed by atoms with van der Waals surface area (Å²) in [6.45, 7) is 7.85. The number of aromatic amines is 1. The van der Waals surface area contributed by atoms with E-state index in [0.29, 0.717) is 0 Å². The molecule has 4 rings (SSSR count). The van der Waals surface area contributed by atoms with Crippen molar-refractivity contribution in [3.05, 3.63) is 88.9 Å².